The first-order valence-corrected chi connectivity index (χ1v) is 23.0. The Balaban J connectivity index is 1.52. The van der Waals surface area contributed by atoms with Gasteiger partial charge < -0.3 is 51.2 Å². The second-order valence-electron chi connectivity index (χ2n) is 19.4. The molecule has 17 heteroatoms. The van der Waals surface area contributed by atoms with E-state index in [1.807, 2.05) is 74.5 Å². The van der Waals surface area contributed by atoms with E-state index in [-0.39, 0.29) is 62.7 Å². The van der Waals surface area contributed by atoms with Crippen LogP contribution in [0.2, 0.25) is 0 Å². The summed E-state index contributed by atoms with van der Waals surface area (Å²) < 4.78 is 10.8. The molecule has 0 unspecified atom stereocenters. The van der Waals surface area contributed by atoms with E-state index in [2.05, 4.69) is 31.9 Å². The van der Waals surface area contributed by atoms with E-state index in [9.17, 15) is 33.6 Å². The highest BCUT2D eigenvalue weighted by Crippen LogP contribution is 2.20. The molecule has 2 fully saturated rings. The molecule has 0 aromatic heterocycles. The lowest BCUT2D eigenvalue weighted by molar-refractivity contribution is -0.139. The summed E-state index contributed by atoms with van der Waals surface area (Å²) in [7, 11) is 0. The summed E-state index contributed by atoms with van der Waals surface area (Å²) in [4.78, 5) is 98.4. The fraction of sp³-hybridized carbons (Fsp3) is 0.604. The number of benzene rings is 2. The molecule has 1 aliphatic heterocycles. The number of piperazine rings is 1. The van der Waals surface area contributed by atoms with Crippen LogP contribution in [0, 0.1) is 5.92 Å². The zero-order valence-electron chi connectivity index (χ0n) is 39.5. The molecule has 0 spiro atoms. The molecular formula is C48H72N8O9. The number of ether oxygens (including phenoxy) is 2. The maximum atomic E-state index is 14.4. The Kier molecular flexibility index (Phi) is 19.5. The van der Waals surface area contributed by atoms with Crippen molar-refractivity contribution in [1.29, 1.82) is 0 Å². The van der Waals surface area contributed by atoms with E-state index in [4.69, 9.17) is 9.47 Å². The highest BCUT2D eigenvalue weighted by molar-refractivity contribution is 5.95. The molecule has 1 saturated heterocycles. The number of hydrogen-bond acceptors (Lipinski definition) is 9. The zero-order valence-corrected chi connectivity index (χ0v) is 39.5. The van der Waals surface area contributed by atoms with Gasteiger partial charge in [0.15, 0.2) is 0 Å². The van der Waals surface area contributed by atoms with Crippen LogP contribution < -0.4 is 31.9 Å². The topological polar surface area (TPSA) is 217 Å². The monoisotopic (exact) mass is 905 g/mol. The number of rotatable bonds is 20. The summed E-state index contributed by atoms with van der Waals surface area (Å²) in [5, 5.41) is 17.1. The summed E-state index contributed by atoms with van der Waals surface area (Å²) in [6.07, 6.45) is 2.17. The van der Waals surface area contributed by atoms with Gasteiger partial charge in [0.1, 0.15) is 35.4 Å². The molecule has 17 nitrogen and oxygen atoms in total. The Morgan fingerprint density at radius 3 is 1.57 bits per heavy atom. The summed E-state index contributed by atoms with van der Waals surface area (Å²) >= 11 is 0. The van der Waals surface area contributed by atoms with Crippen LogP contribution in [0.1, 0.15) is 105 Å². The Hall–Kier alpha value is -5.87. The van der Waals surface area contributed by atoms with E-state index in [0.29, 0.717) is 32.5 Å². The molecule has 0 radical (unpaired) electrons. The average Bonchev–Trinajstić information content (AvgIpc) is 4.05. The molecule has 358 valence electrons. The molecule has 8 amide bonds. The number of unbranched alkanes of at least 4 members (excludes halogenated alkanes) is 1. The molecule has 6 N–H and O–H groups in total. The second kappa shape index (κ2) is 24.4. The Morgan fingerprint density at radius 2 is 1.06 bits per heavy atom. The van der Waals surface area contributed by atoms with Crippen LogP contribution >= 0.6 is 0 Å². The van der Waals surface area contributed by atoms with E-state index in [1.165, 1.54) is 0 Å². The van der Waals surface area contributed by atoms with Crippen molar-refractivity contribution in [2.45, 2.75) is 148 Å². The maximum Gasteiger partial charge on any atom is 0.408 e. The van der Waals surface area contributed by atoms with Gasteiger partial charge in [-0.3, -0.25) is 19.2 Å². The minimum Gasteiger partial charge on any atom is -0.444 e. The number of hydrogen-bond donors (Lipinski definition) is 6. The van der Waals surface area contributed by atoms with Crippen molar-refractivity contribution >= 4 is 41.8 Å². The fourth-order valence-electron chi connectivity index (χ4n) is 7.17. The van der Waals surface area contributed by atoms with Crippen molar-refractivity contribution < 1.29 is 43.0 Å². The lowest BCUT2D eigenvalue weighted by Crippen LogP contribution is -2.60. The largest absolute Gasteiger partial charge is 0.444 e. The highest BCUT2D eigenvalue weighted by Gasteiger charge is 2.35. The summed E-state index contributed by atoms with van der Waals surface area (Å²) in [5.41, 5.74) is 0.0258. The van der Waals surface area contributed by atoms with Crippen LogP contribution in [0.15, 0.2) is 60.7 Å². The highest BCUT2D eigenvalue weighted by atomic mass is 16.6. The minimum absolute atomic E-state index is 0.0653. The second-order valence-corrected chi connectivity index (χ2v) is 19.4. The molecule has 1 aliphatic carbocycles. The molecule has 2 aliphatic rings. The predicted octanol–water partition coefficient (Wildman–Crippen LogP) is 4.58. The number of urea groups is 1. The lowest BCUT2D eigenvalue weighted by Gasteiger charge is -2.37. The molecular weight excluding hydrogens is 833 g/mol. The summed E-state index contributed by atoms with van der Waals surface area (Å²) in [6, 6.07) is 13.9. The molecule has 2 aromatic rings. The summed E-state index contributed by atoms with van der Waals surface area (Å²) in [5.74, 6) is -2.21. The lowest BCUT2D eigenvalue weighted by atomic mass is 9.99. The van der Waals surface area contributed by atoms with Crippen LogP contribution in [0.4, 0.5) is 14.4 Å². The first-order chi connectivity index (χ1) is 30.7. The first-order valence-electron chi connectivity index (χ1n) is 23.0. The molecule has 4 atom stereocenters. The van der Waals surface area contributed by atoms with Gasteiger partial charge in [-0.25, -0.2) is 14.4 Å². The van der Waals surface area contributed by atoms with Gasteiger partial charge in [0.25, 0.3) is 0 Å². The fourth-order valence-corrected chi connectivity index (χ4v) is 7.17. The van der Waals surface area contributed by atoms with Crippen LogP contribution in [-0.4, -0.2) is 126 Å². The zero-order chi connectivity index (χ0) is 47.7. The van der Waals surface area contributed by atoms with Crippen molar-refractivity contribution in [3.05, 3.63) is 71.8 Å². The number of carbonyl (C=O) groups is 7. The van der Waals surface area contributed by atoms with Gasteiger partial charge in [0.2, 0.25) is 23.6 Å². The number of nitrogens with zero attached hydrogens (tertiary/aromatic N) is 2. The number of carbonyl (C=O) groups excluding carboxylic acids is 7. The number of amides is 8. The third kappa shape index (κ3) is 19.4. The van der Waals surface area contributed by atoms with Crippen molar-refractivity contribution in [2.75, 3.05) is 32.7 Å². The van der Waals surface area contributed by atoms with Crippen molar-refractivity contribution in [1.82, 2.24) is 41.7 Å². The van der Waals surface area contributed by atoms with Gasteiger partial charge in [-0.05, 0) is 97.1 Å². The van der Waals surface area contributed by atoms with Crippen LogP contribution in [-0.2, 0) is 41.5 Å². The Morgan fingerprint density at radius 1 is 0.600 bits per heavy atom. The maximum absolute atomic E-state index is 14.4. The molecule has 1 heterocycles. The number of alkyl carbamates (subject to hydrolysis) is 2. The molecule has 2 aromatic carbocycles. The van der Waals surface area contributed by atoms with Crippen molar-refractivity contribution in [2.24, 2.45) is 5.92 Å². The Labute approximate surface area is 384 Å². The van der Waals surface area contributed by atoms with Gasteiger partial charge in [0, 0.05) is 51.6 Å². The summed E-state index contributed by atoms with van der Waals surface area (Å²) in [6.45, 7) is 15.8. The smallest absolute Gasteiger partial charge is 0.408 e. The van der Waals surface area contributed by atoms with Crippen LogP contribution in [0.5, 0.6) is 0 Å². The van der Waals surface area contributed by atoms with E-state index >= 15 is 0 Å². The minimum atomic E-state index is -1.17. The quantitative estimate of drug-likeness (QED) is 0.103. The van der Waals surface area contributed by atoms with Crippen molar-refractivity contribution in [3.63, 3.8) is 0 Å². The van der Waals surface area contributed by atoms with E-state index in [0.717, 1.165) is 24.0 Å². The predicted molar refractivity (Wildman–Crippen MR) is 246 cm³/mol. The van der Waals surface area contributed by atoms with Crippen LogP contribution in [0.3, 0.4) is 0 Å². The molecule has 0 bridgehead atoms. The van der Waals surface area contributed by atoms with Gasteiger partial charge in [-0.15, -0.1) is 0 Å². The molecule has 1 saturated carbocycles. The third-order valence-electron chi connectivity index (χ3n) is 10.5. The Bertz CT molecular complexity index is 1890. The average molecular weight is 905 g/mol. The van der Waals surface area contributed by atoms with E-state index in [1.54, 1.807) is 51.3 Å². The van der Waals surface area contributed by atoms with Crippen LogP contribution in [0.25, 0.3) is 0 Å². The van der Waals surface area contributed by atoms with Gasteiger partial charge >= 0.3 is 18.2 Å². The normalized spacial score (nSPS) is 16.0. The third-order valence-corrected chi connectivity index (χ3v) is 10.5. The first kappa shape index (κ1) is 51.8. The SMILES string of the molecule is CC(C)C[C@@H](NC(=O)[C@@H](Cc1ccccc1)NC(=O)[C@@H](Cc1ccccc1)NC(=O)OC(C)(C)C)C(=O)N[C@H](CCCCNC(=O)OC(C)(C)C)C(=O)N1CCN(C(=O)NC2CC2)CC1. The molecule has 4 rings (SSSR count). The van der Waals surface area contributed by atoms with Crippen molar-refractivity contribution in [3.8, 4) is 0 Å². The van der Waals surface area contributed by atoms with Gasteiger partial charge in [-0.2, -0.15) is 0 Å². The van der Waals surface area contributed by atoms with Gasteiger partial charge in [-0.1, -0.05) is 74.5 Å². The standard InChI is InChI=1S/C48H72N8O9/c1-32(2)29-37(40(57)51-36(21-15-16-24-49-45(62)64-47(3,4)5)43(60)55-25-27-56(28-26-55)44(61)50-35-22-23-35)52-41(58)38(30-33-17-11-9-12-18-33)53-42(59)39(31-34-19-13-10-14-20-34)54-46(63)65-48(6,7)8/h9-14,17-20,32,35-39H,15-16,21-31H2,1-8H3,(H,49,62)(H,50,61)(H,51,57)(H,52,58)(H,53,59)(H,54,63)/t36-,37-,38-,39-/m1/s1. The number of nitrogens with one attached hydrogen (secondary N) is 6. The van der Waals surface area contributed by atoms with E-state index < -0.39 is 65.3 Å². The molecule has 65 heavy (non-hydrogen) atoms. The van der Waals surface area contributed by atoms with Gasteiger partial charge in [0.05, 0.1) is 0 Å².